The van der Waals surface area contributed by atoms with Crippen LogP contribution in [0.2, 0.25) is 0 Å². The molecule has 1 aromatic rings. The number of nitrogens with zero attached hydrogens (tertiary/aromatic N) is 2. The van der Waals surface area contributed by atoms with E-state index < -0.39 is 10.8 Å². The number of rotatable bonds is 5. The van der Waals surface area contributed by atoms with Gasteiger partial charge in [-0.1, -0.05) is 0 Å². The monoisotopic (exact) mass is 268 g/mol. The molecule has 0 saturated heterocycles. The molecule has 0 bridgehead atoms. The van der Waals surface area contributed by atoms with E-state index in [9.17, 15) is 8.60 Å². The molecule has 0 saturated carbocycles. The van der Waals surface area contributed by atoms with Crippen molar-refractivity contribution in [3.63, 3.8) is 0 Å². The molecule has 0 fully saturated rings. The molecule has 0 aliphatic rings. The van der Waals surface area contributed by atoms with E-state index in [4.69, 9.17) is 5.26 Å². The molecule has 0 aromatic heterocycles. The van der Waals surface area contributed by atoms with Crippen LogP contribution in [0.5, 0.6) is 0 Å². The van der Waals surface area contributed by atoms with E-state index in [-0.39, 0.29) is 11.9 Å². The van der Waals surface area contributed by atoms with Gasteiger partial charge in [-0.3, -0.25) is 9.11 Å². The number of halogens is 1. The average Bonchev–Trinajstić information content (AvgIpc) is 2.31. The van der Waals surface area contributed by atoms with Gasteiger partial charge in [-0.2, -0.15) is 5.26 Å². The Bertz CT molecular complexity index is 484. The zero-order chi connectivity index (χ0) is 13.7. The summed E-state index contributed by atoms with van der Waals surface area (Å²) < 4.78 is 24.7. The fourth-order valence-corrected chi connectivity index (χ4v) is 2.59. The Labute approximate surface area is 110 Å². The minimum absolute atomic E-state index is 0.0981. The highest BCUT2D eigenvalue weighted by Crippen LogP contribution is 2.13. The van der Waals surface area contributed by atoms with Gasteiger partial charge in [0, 0.05) is 41.0 Å². The van der Waals surface area contributed by atoms with E-state index in [1.54, 1.807) is 12.3 Å². The quantitative estimate of drug-likeness (QED) is 0.819. The van der Waals surface area contributed by atoms with Crippen LogP contribution >= 0.6 is 0 Å². The van der Waals surface area contributed by atoms with Gasteiger partial charge in [0.25, 0.3) is 0 Å². The maximum absolute atomic E-state index is 13.6. The summed E-state index contributed by atoms with van der Waals surface area (Å²) in [5, 5.41) is 8.79. The first-order chi connectivity index (χ1) is 8.43. The summed E-state index contributed by atoms with van der Waals surface area (Å²) in [6.45, 7) is 2.35. The highest BCUT2D eigenvalue weighted by Gasteiger charge is 2.13. The van der Waals surface area contributed by atoms with Crippen molar-refractivity contribution in [2.24, 2.45) is 0 Å². The molecule has 0 heterocycles. The summed E-state index contributed by atoms with van der Waals surface area (Å²) >= 11 is 0. The Hall–Kier alpha value is -1.25. The van der Waals surface area contributed by atoms with Gasteiger partial charge < -0.3 is 0 Å². The number of hydrogen-bond acceptors (Lipinski definition) is 3. The van der Waals surface area contributed by atoms with E-state index in [1.165, 1.54) is 12.1 Å². The van der Waals surface area contributed by atoms with Crippen LogP contribution in [0.3, 0.4) is 0 Å². The molecule has 0 unspecified atom stereocenters. The molecule has 5 heteroatoms. The van der Waals surface area contributed by atoms with Crippen molar-refractivity contribution in [1.82, 2.24) is 4.90 Å². The average molecular weight is 268 g/mol. The maximum atomic E-state index is 13.6. The van der Waals surface area contributed by atoms with Gasteiger partial charge in [-0.15, -0.1) is 0 Å². The lowest BCUT2D eigenvalue weighted by molar-refractivity contribution is 0.265. The predicted molar refractivity (Wildman–Crippen MR) is 71.0 cm³/mol. The van der Waals surface area contributed by atoms with Crippen LogP contribution in [-0.4, -0.2) is 34.2 Å². The molecule has 0 aliphatic carbocycles. The molecule has 18 heavy (non-hydrogen) atoms. The van der Waals surface area contributed by atoms with E-state index in [0.717, 1.165) is 0 Å². The Morgan fingerprint density at radius 3 is 2.78 bits per heavy atom. The minimum Gasteiger partial charge on any atom is -0.298 e. The molecular weight excluding hydrogens is 251 g/mol. The summed E-state index contributed by atoms with van der Waals surface area (Å²) in [4.78, 5) is 1.93. The van der Waals surface area contributed by atoms with Gasteiger partial charge in [-0.25, -0.2) is 4.39 Å². The minimum atomic E-state index is -0.873. The van der Waals surface area contributed by atoms with Crippen LogP contribution in [0, 0.1) is 17.1 Å². The third kappa shape index (κ3) is 4.21. The Kier molecular flexibility index (Phi) is 5.45. The number of benzene rings is 1. The van der Waals surface area contributed by atoms with Crippen LogP contribution in [0.1, 0.15) is 18.1 Å². The zero-order valence-electron chi connectivity index (χ0n) is 10.8. The van der Waals surface area contributed by atoms with Gasteiger partial charge in [0.15, 0.2) is 0 Å². The van der Waals surface area contributed by atoms with Crippen LogP contribution in [-0.2, 0) is 17.3 Å². The maximum Gasteiger partial charge on any atom is 0.127 e. The fraction of sp³-hybridized carbons (Fsp3) is 0.462. The molecule has 3 nitrogen and oxygen atoms in total. The van der Waals surface area contributed by atoms with Crippen molar-refractivity contribution < 1.29 is 8.60 Å². The standard InChI is InChI=1S/C13H17FN2OS/c1-10(9-18(3)17)16(2)8-12-6-11(7-15)4-5-13(12)14/h4-6,10H,8-9H2,1-3H3/t10-,18-/m1/s1. The van der Waals surface area contributed by atoms with Crippen molar-refractivity contribution in [2.75, 3.05) is 19.1 Å². The molecule has 98 valence electrons. The SMILES string of the molecule is C[C@H](C[S@@](C)=O)N(C)Cc1cc(C#N)ccc1F. The van der Waals surface area contributed by atoms with Crippen LogP contribution in [0.4, 0.5) is 4.39 Å². The summed E-state index contributed by atoms with van der Waals surface area (Å²) in [5.41, 5.74) is 0.941. The Morgan fingerprint density at radius 2 is 2.22 bits per heavy atom. The van der Waals surface area contributed by atoms with E-state index in [2.05, 4.69) is 0 Å². The fourth-order valence-electron chi connectivity index (χ4n) is 1.66. The van der Waals surface area contributed by atoms with E-state index >= 15 is 0 Å². The smallest absolute Gasteiger partial charge is 0.127 e. The summed E-state index contributed by atoms with van der Waals surface area (Å²) in [6, 6.07) is 6.42. The number of hydrogen-bond donors (Lipinski definition) is 0. The van der Waals surface area contributed by atoms with Crippen molar-refractivity contribution in [3.05, 3.63) is 35.1 Å². The van der Waals surface area contributed by atoms with Crippen molar-refractivity contribution in [2.45, 2.75) is 19.5 Å². The van der Waals surface area contributed by atoms with Crippen LogP contribution < -0.4 is 0 Å². The highest BCUT2D eigenvalue weighted by molar-refractivity contribution is 7.84. The van der Waals surface area contributed by atoms with Crippen LogP contribution in [0.25, 0.3) is 0 Å². The zero-order valence-corrected chi connectivity index (χ0v) is 11.6. The largest absolute Gasteiger partial charge is 0.298 e. The lowest BCUT2D eigenvalue weighted by Crippen LogP contribution is -2.33. The topological polar surface area (TPSA) is 44.1 Å². The molecule has 1 rings (SSSR count). The lowest BCUT2D eigenvalue weighted by atomic mass is 10.1. The molecular formula is C13H17FN2OS. The second kappa shape index (κ2) is 6.62. The first-order valence-electron chi connectivity index (χ1n) is 5.63. The van der Waals surface area contributed by atoms with Gasteiger partial charge >= 0.3 is 0 Å². The van der Waals surface area contributed by atoms with Gasteiger partial charge in [0.2, 0.25) is 0 Å². The molecule has 0 aliphatic heterocycles. The third-order valence-electron chi connectivity index (χ3n) is 2.82. The first-order valence-corrected chi connectivity index (χ1v) is 7.35. The normalized spacial score (nSPS) is 14.2. The third-order valence-corrected chi connectivity index (χ3v) is 3.77. The summed E-state index contributed by atoms with van der Waals surface area (Å²) in [5.74, 6) is 0.237. The predicted octanol–water partition coefficient (Wildman–Crippen LogP) is 1.90. The highest BCUT2D eigenvalue weighted by atomic mass is 32.2. The molecule has 0 amide bonds. The Morgan fingerprint density at radius 1 is 1.56 bits per heavy atom. The Balaban J connectivity index is 2.78. The number of nitriles is 1. The van der Waals surface area contributed by atoms with Crippen molar-refractivity contribution >= 4 is 10.8 Å². The lowest BCUT2D eigenvalue weighted by Gasteiger charge is -2.24. The van der Waals surface area contributed by atoms with E-state index in [0.29, 0.717) is 23.4 Å². The molecule has 1 aromatic carbocycles. The van der Waals surface area contributed by atoms with Crippen molar-refractivity contribution in [1.29, 1.82) is 5.26 Å². The second-order valence-corrected chi connectivity index (χ2v) is 5.90. The molecule has 0 N–H and O–H groups in total. The van der Waals surface area contributed by atoms with Crippen molar-refractivity contribution in [3.8, 4) is 6.07 Å². The second-order valence-electron chi connectivity index (χ2n) is 4.42. The van der Waals surface area contributed by atoms with Gasteiger partial charge in [-0.05, 0) is 32.2 Å². The summed E-state index contributed by atoms with van der Waals surface area (Å²) in [7, 11) is 0.984. The van der Waals surface area contributed by atoms with Gasteiger partial charge in [0.1, 0.15) is 5.82 Å². The first kappa shape index (κ1) is 14.8. The molecule has 0 spiro atoms. The van der Waals surface area contributed by atoms with Crippen LogP contribution in [0.15, 0.2) is 18.2 Å². The van der Waals surface area contributed by atoms with E-state index in [1.807, 2.05) is 24.9 Å². The van der Waals surface area contributed by atoms with Gasteiger partial charge in [0.05, 0.1) is 11.6 Å². The molecule has 0 radical (unpaired) electrons. The summed E-state index contributed by atoms with van der Waals surface area (Å²) in [6.07, 6.45) is 1.65. The molecule has 2 atom stereocenters.